The quantitative estimate of drug-likeness (QED) is 0.918. The van der Waals surface area contributed by atoms with E-state index in [1.165, 1.54) is 0 Å². The summed E-state index contributed by atoms with van der Waals surface area (Å²) < 4.78 is 10.8. The largest absolute Gasteiger partial charge is 0.496 e. The lowest BCUT2D eigenvalue weighted by Crippen LogP contribution is -2.41. The van der Waals surface area contributed by atoms with Crippen LogP contribution >= 0.6 is 11.6 Å². The lowest BCUT2D eigenvalue weighted by molar-refractivity contribution is -0.0962. The molecule has 1 aliphatic rings. The maximum absolute atomic E-state index is 10.6. The van der Waals surface area contributed by atoms with Crippen molar-refractivity contribution in [2.45, 2.75) is 37.9 Å². The Hall–Kier alpha value is -0.770. The topological polar surface area (TPSA) is 38.7 Å². The number of ether oxygens (including phenoxy) is 2. The molecule has 3 nitrogen and oxygen atoms in total. The molecule has 2 unspecified atom stereocenters. The summed E-state index contributed by atoms with van der Waals surface area (Å²) in [6, 6.07) is 5.49. The van der Waals surface area contributed by atoms with Crippen LogP contribution in [0, 0.1) is 0 Å². The average Bonchev–Trinajstić information content (AvgIpc) is 2.28. The summed E-state index contributed by atoms with van der Waals surface area (Å²) >= 11 is 6.00. The zero-order valence-electron chi connectivity index (χ0n) is 10.8. The summed E-state index contributed by atoms with van der Waals surface area (Å²) in [4.78, 5) is 0. The van der Waals surface area contributed by atoms with Crippen LogP contribution in [0.4, 0.5) is 0 Å². The van der Waals surface area contributed by atoms with Gasteiger partial charge in [0.2, 0.25) is 0 Å². The minimum absolute atomic E-state index is 0.0916. The zero-order valence-corrected chi connectivity index (χ0v) is 11.5. The van der Waals surface area contributed by atoms with E-state index >= 15 is 0 Å². The highest BCUT2D eigenvalue weighted by Crippen LogP contribution is 2.32. The van der Waals surface area contributed by atoms with Crippen molar-refractivity contribution in [1.29, 1.82) is 0 Å². The zero-order chi connectivity index (χ0) is 13.2. The van der Waals surface area contributed by atoms with Gasteiger partial charge in [0, 0.05) is 24.5 Å². The van der Waals surface area contributed by atoms with Crippen LogP contribution in [0.1, 0.15) is 25.3 Å². The van der Waals surface area contributed by atoms with Gasteiger partial charge in [-0.05, 0) is 37.1 Å². The summed E-state index contributed by atoms with van der Waals surface area (Å²) in [7, 11) is 1.63. The molecule has 0 saturated carbocycles. The van der Waals surface area contributed by atoms with Crippen molar-refractivity contribution >= 4 is 11.6 Å². The lowest BCUT2D eigenvalue weighted by atomic mass is 9.85. The molecule has 1 aromatic rings. The monoisotopic (exact) mass is 270 g/mol. The van der Waals surface area contributed by atoms with Crippen LogP contribution in [0.2, 0.25) is 5.02 Å². The third-order valence-electron chi connectivity index (χ3n) is 3.40. The molecule has 1 saturated heterocycles. The summed E-state index contributed by atoms with van der Waals surface area (Å²) in [5.74, 6) is 0.770. The van der Waals surface area contributed by atoms with E-state index in [2.05, 4.69) is 0 Å². The van der Waals surface area contributed by atoms with E-state index in [0.29, 0.717) is 30.9 Å². The molecule has 1 N–H and O–H groups in total. The summed E-state index contributed by atoms with van der Waals surface area (Å²) in [5.41, 5.74) is 0.219. The van der Waals surface area contributed by atoms with E-state index in [4.69, 9.17) is 21.1 Å². The minimum Gasteiger partial charge on any atom is -0.496 e. The normalized spacial score (nSPS) is 28.1. The van der Waals surface area contributed by atoms with E-state index in [9.17, 15) is 5.11 Å². The number of hydrogen-bond acceptors (Lipinski definition) is 3. The molecule has 0 spiro atoms. The molecule has 100 valence electrons. The second-order valence-corrected chi connectivity index (χ2v) is 5.43. The second kappa shape index (κ2) is 5.47. The molecule has 0 bridgehead atoms. The van der Waals surface area contributed by atoms with Crippen molar-refractivity contribution in [1.82, 2.24) is 0 Å². The van der Waals surface area contributed by atoms with E-state index < -0.39 is 5.60 Å². The van der Waals surface area contributed by atoms with Gasteiger partial charge in [0.05, 0.1) is 18.8 Å². The summed E-state index contributed by atoms with van der Waals surface area (Å²) in [6.45, 7) is 2.58. The molecule has 0 radical (unpaired) electrons. The van der Waals surface area contributed by atoms with Gasteiger partial charge in [-0.1, -0.05) is 11.6 Å². The van der Waals surface area contributed by atoms with Crippen molar-refractivity contribution in [3.8, 4) is 5.75 Å². The number of benzene rings is 1. The van der Waals surface area contributed by atoms with Crippen LogP contribution in [0.3, 0.4) is 0 Å². The van der Waals surface area contributed by atoms with E-state index in [0.717, 1.165) is 11.3 Å². The Bertz CT molecular complexity index is 422. The molecule has 2 atom stereocenters. The van der Waals surface area contributed by atoms with Gasteiger partial charge in [-0.3, -0.25) is 0 Å². The van der Waals surface area contributed by atoms with E-state index in [1.807, 2.05) is 19.1 Å². The molecule has 0 amide bonds. The standard InChI is InChI=1S/C14H19ClO3/c1-10-8-14(16,5-6-18-10)9-11-7-12(15)3-4-13(11)17-2/h3-4,7,10,16H,5-6,8-9H2,1-2H3. The fraction of sp³-hybridized carbons (Fsp3) is 0.571. The highest BCUT2D eigenvalue weighted by Gasteiger charge is 2.34. The second-order valence-electron chi connectivity index (χ2n) is 4.99. The van der Waals surface area contributed by atoms with Gasteiger partial charge >= 0.3 is 0 Å². The smallest absolute Gasteiger partial charge is 0.122 e. The first-order valence-electron chi connectivity index (χ1n) is 6.19. The third-order valence-corrected chi connectivity index (χ3v) is 3.63. The molecule has 1 aliphatic heterocycles. The Labute approximate surface area is 113 Å². The maximum atomic E-state index is 10.6. The van der Waals surface area contributed by atoms with E-state index in [1.54, 1.807) is 13.2 Å². The fourth-order valence-electron chi connectivity index (χ4n) is 2.55. The number of methoxy groups -OCH3 is 1. The van der Waals surface area contributed by atoms with Gasteiger partial charge < -0.3 is 14.6 Å². The predicted octanol–water partition coefficient (Wildman–Crippen LogP) is 2.82. The summed E-state index contributed by atoms with van der Waals surface area (Å²) in [6.07, 6.45) is 1.93. The van der Waals surface area contributed by atoms with Gasteiger partial charge in [0.1, 0.15) is 5.75 Å². The first kappa shape index (κ1) is 13.7. The Morgan fingerprint density at radius 1 is 1.56 bits per heavy atom. The maximum Gasteiger partial charge on any atom is 0.122 e. The molecule has 4 heteroatoms. The van der Waals surface area contributed by atoms with Crippen molar-refractivity contribution in [2.24, 2.45) is 0 Å². The lowest BCUT2D eigenvalue weighted by Gasteiger charge is -2.36. The number of rotatable bonds is 3. The van der Waals surface area contributed by atoms with Crippen LogP contribution in [-0.2, 0) is 11.2 Å². The number of hydrogen-bond donors (Lipinski definition) is 1. The predicted molar refractivity (Wildman–Crippen MR) is 71.3 cm³/mol. The SMILES string of the molecule is COc1ccc(Cl)cc1CC1(O)CCOC(C)C1. The Morgan fingerprint density at radius 3 is 3.00 bits per heavy atom. The van der Waals surface area contributed by atoms with Crippen LogP contribution in [0.25, 0.3) is 0 Å². The van der Waals surface area contributed by atoms with Crippen LogP contribution in [-0.4, -0.2) is 30.5 Å². The highest BCUT2D eigenvalue weighted by atomic mass is 35.5. The molecule has 0 aromatic heterocycles. The number of aliphatic hydroxyl groups is 1. The van der Waals surface area contributed by atoms with Gasteiger partial charge in [-0.25, -0.2) is 0 Å². The molecule has 1 heterocycles. The Balaban J connectivity index is 2.19. The van der Waals surface area contributed by atoms with E-state index in [-0.39, 0.29) is 6.10 Å². The molecule has 18 heavy (non-hydrogen) atoms. The highest BCUT2D eigenvalue weighted by molar-refractivity contribution is 6.30. The minimum atomic E-state index is -0.727. The molecule has 1 aromatic carbocycles. The molecule has 0 aliphatic carbocycles. The first-order valence-corrected chi connectivity index (χ1v) is 6.57. The molecular formula is C14H19ClO3. The Kier molecular flexibility index (Phi) is 4.15. The Morgan fingerprint density at radius 2 is 2.33 bits per heavy atom. The third kappa shape index (κ3) is 3.16. The first-order chi connectivity index (χ1) is 8.52. The van der Waals surface area contributed by atoms with Gasteiger partial charge in [-0.15, -0.1) is 0 Å². The van der Waals surface area contributed by atoms with Crippen molar-refractivity contribution in [3.05, 3.63) is 28.8 Å². The molecule has 2 rings (SSSR count). The van der Waals surface area contributed by atoms with Gasteiger partial charge in [-0.2, -0.15) is 0 Å². The van der Waals surface area contributed by atoms with Crippen LogP contribution in [0.15, 0.2) is 18.2 Å². The van der Waals surface area contributed by atoms with Crippen molar-refractivity contribution in [3.63, 3.8) is 0 Å². The van der Waals surface area contributed by atoms with Crippen LogP contribution in [0.5, 0.6) is 5.75 Å². The molecular weight excluding hydrogens is 252 g/mol. The van der Waals surface area contributed by atoms with Crippen molar-refractivity contribution < 1.29 is 14.6 Å². The number of halogens is 1. The van der Waals surface area contributed by atoms with Gasteiger partial charge in [0.15, 0.2) is 0 Å². The fourth-order valence-corrected chi connectivity index (χ4v) is 2.74. The van der Waals surface area contributed by atoms with Crippen LogP contribution < -0.4 is 4.74 Å². The summed E-state index contributed by atoms with van der Waals surface area (Å²) in [5, 5.41) is 11.3. The van der Waals surface area contributed by atoms with Crippen molar-refractivity contribution in [2.75, 3.05) is 13.7 Å². The average molecular weight is 271 g/mol. The van der Waals surface area contributed by atoms with Gasteiger partial charge in [0.25, 0.3) is 0 Å². The molecule has 1 fully saturated rings.